The van der Waals surface area contributed by atoms with E-state index < -0.39 is 0 Å². The Morgan fingerprint density at radius 1 is 1.19 bits per heavy atom. The van der Waals surface area contributed by atoms with Gasteiger partial charge in [0.05, 0.1) is 0 Å². The van der Waals surface area contributed by atoms with Crippen LogP contribution < -0.4 is 5.73 Å². The molecular formula is C17H20N4. The second-order valence-corrected chi connectivity index (χ2v) is 5.51. The van der Waals surface area contributed by atoms with E-state index in [4.69, 9.17) is 5.73 Å². The Morgan fingerprint density at radius 3 is 2.76 bits per heavy atom. The molecule has 0 saturated carbocycles. The van der Waals surface area contributed by atoms with Crippen molar-refractivity contribution in [1.29, 1.82) is 0 Å². The van der Waals surface area contributed by atoms with Gasteiger partial charge in [0.2, 0.25) is 0 Å². The average molecular weight is 280 g/mol. The number of fused-ring (bicyclic) bond motifs is 1. The van der Waals surface area contributed by atoms with Gasteiger partial charge in [0.1, 0.15) is 5.65 Å². The summed E-state index contributed by atoms with van der Waals surface area (Å²) in [4.78, 5) is 8.59. The fourth-order valence-corrected chi connectivity index (χ4v) is 2.67. The van der Waals surface area contributed by atoms with Crippen molar-refractivity contribution in [3.05, 3.63) is 60.2 Å². The molecule has 1 unspecified atom stereocenters. The Kier molecular flexibility index (Phi) is 3.97. The summed E-state index contributed by atoms with van der Waals surface area (Å²) in [6.45, 7) is 2.95. The molecule has 0 spiro atoms. The maximum atomic E-state index is 5.95. The van der Waals surface area contributed by atoms with Crippen LogP contribution in [0.2, 0.25) is 0 Å². The van der Waals surface area contributed by atoms with E-state index in [9.17, 15) is 0 Å². The van der Waals surface area contributed by atoms with Gasteiger partial charge in [-0.1, -0.05) is 0 Å². The molecule has 0 bridgehead atoms. The first kappa shape index (κ1) is 13.8. The molecule has 3 rings (SSSR count). The molecule has 0 aromatic carbocycles. The van der Waals surface area contributed by atoms with Gasteiger partial charge in [0.25, 0.3) is 0 Å². The summed E-state index contributed by atoms with van der Waals surface area (Å²) in [7, 11) is 0. The normalized spacial score (nSPS) is 12.7. The van der Waals surface area contributed by atoms with Crippen molar-refractivity contribution in [2.45, 2.75) is 32.4 Å². The summed E-state index contributed by atoms with van der Waals surface area (Å²) in [5.74, 6) is 0. The number of hydrogen-bond donors (Lipinski definition) is 1. The number of aryl methyl sites for hydroxylation is 2. The first-order valence-corrected chi connectivity index (χ1v) is 7.31. The second-order valence-electron chi connectivity index (χ2n) is 5.51. The largest absolute Gasteiger partial charge is 0.332 e. The third-order valence-corrected chi connectivity index (χ3v) is 3.65. The lowest BCUT2D eigenvalue weighted by molar-refractivity contribution is 0.701. The van der Waals surface area contributed by atoms with Crippen LogP contribution in [-0.2, 0) is 19.4 Å². The zero-order valence-corrected chi connectivity index (χ0v) is 12.2. The third-order valence-electron chi connectivity index (χ3n) is 3.65. The lowest BCUT2D eigenvalue weighted by atomic mass is 10.1. The van der Waals surface area contributed by atoms with E-state index in [1.165, 1.54) is 16.5 Å². The number of nitrogens with zero attached hydrogens (tertiary/aromatic N) is 3. The summed E-state index contributed by atoms with van der Waals surface area (Å²) in [5, 5.41) is 1.21. The van der Waals surface area contributed by atoms with Crippen LogP contribution >= 0.6 is 0 Å². The molecule has 4 heteroatoms. The zero-order chi connectivity index (χ0) is 14.7. The number of rotatable bonds is 5. The van der Waals surface area contributed by atoms with Gasteiger partial charge >= 0.3 is 0 Å². The van der Waals surface area contributed by atoms with Gasteiger partial charge in [0.15, 0.2) is 0 Å². The quantitative estimate of drug-likeness (QED) is 0.781. The van der Waals surface area contributed by atoms with Crippen LogP contribution in [-0.4, -0.2) is 20.6 Å². The van der Waals surface area contributed by atoms with Crippen LogP contribution in [0.4, 0.5) is 0 Å². The molecule has 0 aliphatic heterocycles. The summed E-state index contributed by atoms with van der Waals surface area (Å²) in [6, 6.07) is 8.39. The molecule has 21 heavy (non-hydrogen) atoms. The highest BCUT2D eigenvalue weighted by atomic mass is 15.0. The van der Waals surface area contributed by atoms with Crippen LogP contribution in [0.1, 0.15) is 18.1 Å². The van der Waals surface area contributed by atoms with Crippen molar-refractivity contribution in [3.63, 3.8) is 0 Å². The Balaban J connectivity index is 1.88. The van der Waals surface area contributed by atoms with Crippen molar-refractivity contribution in [2.24, 2.45) is 5.73 Å². The SMILES string of the molecule is CC(N)Cc1cn(CCc2ccncc2)c2ncccc12. The smallest absolute Gasteiger partial charge is 0.140 e. The minimum Gasteiger partial charge on any atom is -0.332 e. The predicted molar refractivity (Wildman–Crippen MR) is 85.0 cm³/mol. The molecule has 0 aliphatic carbocycles. The van der Waals surface area contributed by atoms with Crippen LogP contribution in [0.25, 0.3) is 11.0 Å². The number of nitrogens with two attached hydrogens (primary N) is 1. The van der Waals surface area contributed by atoms with Gasteiger partial charge in [-0.3, -0.25) is 4.98 Å². The van der Waals surface area contributed by atoms with Crippen LogP contribution in [0.5, 0.6) is 0 Å². The van der Waals surface area contributed by atoms with Crippen molar-refractivity contribution in [2.75, 3.05) is 0 Å². The molecule has 0 radical (unpaired) electrons. The minimum absolute atomic E-state index is 0.157. The Hall–Kier alpha value is -2.20. The summed E-state index contributed by atoms with van der Waals surface area (Å²) in [5.41, 5.74) is 9.57. The highest BCUT2D eigenvalue weighted by Gasteiger charge is 2.10. The lowest BCUT2D eigenvalue weighted by Gasteiger charge is -2.04. The summed E-state index contributed by atoms with van der Waals surface area (Å²) < 4.78 is 2.23. The van der Waals surface area contributed by atoms with Crippen LogP contribution in [0, 0.1) is 0 Å². The van der Waals surface area contributed by atoms with Crippen molar-refractivity contribution < 1.29 is 0 Å². The fourth-order valence-electron chi connectivity index (χ4n) is 2.67. The Labute approximate surface area is 124 Å². The molecule has 1 atom stereocenters. The highest BCUT2D eigenvalue weighted by molar-refractivity contribution is 5.80. The minimum atomic E-state index is 0.157. The molecule has 0 amide bonds. The highest BCUT2D eigenvalue weighted by Crippen LogP contribution is 2.21. The van der Waals surface area contributed by atoms with E-state index in [2.05, 4.69) is 38.9 Å². The maximum absolute atomic E-state index is 5.95. The molecule has 3 heterocycles. The zero-order valence-electron chi connectivity index (χ0n) is 12.2. The molecular weight excluding hydrogens is 260 g/mol. The molecule has 3 aromatic heterocycles. The average Bonchev–Trinajstić information content (AvgIpc) is 2.84. The van der Waals surface area contributed by atoms with Gasteiger partial charge in [-0.25, -0.2) is 4.98 Å². The van der Waals surface area contributed by atoms with Gasteiger partial charge in [-0.05, 0) is 55.2 Å². The monoisotopic (exact) mass is 280 g/mol. The number of hydrogen-bond acceptors (Lipinski definition) is 3. The molecule has 108 valence electrons. The number of pyridine rings is 2. The van der Waals surface area contributed by atoms with Gasteiger partial charge < -0.3 is 10.3 Å². The molecule has 3 aromatic rings. The summed E-state index contributed by atoms with van der Waals surface area (Å²) >= 11 is 0. The van der Waals surface area contributed by atoms with Crippen molar-refractivity contribution in [3.8, 4) is 0 Å². The van der Waals surface area contributed by atoms with Gasteiger partial charge in [0, 0.05) is 42.8 Å². The number of aromatic nitrogens is 3. The van der Waals surface area contributed by atoms with Crippen LogP contribution in [0.3, 0.4) is 0 Å². The van der Waals surface area contributed by atoms with E-state index in [-0.39, 0.29) is 6.04 Å². The van der Waals surface area contributed by atoms with E-state index in [1.54, 1.807) is 0 Å². The molecule has 2 N–H and O–H groups in total. The Morgan fingerprint density at radius 2 is 2.00 bits per heavy atom. The second kappa shape index (κ2) is 6.06. The predicted octanol–water partition coefficient (Wildman–Crippen LogP) is 2.56. The van der Waals surface area contributed by atoms with E-state index in [1.807, 2.05) is 31.6 Å². The Bertz CT molecular complexity index is 716. The molecule has 4 nitrogen and oxygen atoms in total. The van der Waals surface area contributed by atoms with Gasteiger partial charge in [-0.2, -0.15) is 0 Å². The van der Waals surface area contributed by atoms with Crippen LogP contribution in [0.15, 0.2) is 49.1 Å². The fraction of sp³-hybridized carbons (Fsp3) is 0.294. The first-order valence-electron chi connectivity index (χ1n) is 7.31. The van der Waals surface area contributed by atoms with E-state index >= 15 is 0 Å². The standard InChI is InChI=1S/C17H20N4/c1-13(18)11-15-12-21(17-16(15)3-2-7-20-17)10-6-14-4-8-19-9-5-14/h2-5,7-9,12-13H,6,10-11,18H2,1H3. The maximum Gasteiger partial charge on any atom is 0.140 e. The molecule has 0 fully saturated rings. The first-order chi connectivity index (χ1) is 10.2. The molecule has 0 aliphatic rings. The third kappa shape index (κ3) is 3.11. The summed E-state index contributed by atoms with van der Waals surface area (Å²) in [6.07, 6.45) is 9.57. The van der Waals surface area contributed by atoms with E-state index in [0.29, 0.717) is 0 Å². The molecule has 0 saturated heterocycles. The van der Waals surface area contributed by atoms with Crippen molar-refractivity contribution in [1.82, 2.24) is 14.5 Å². The van der Waals surface area contributed by atoms with Crippen molar-refractivity contribution >= 4 is 11.0 Å². The lowest BCUT2D eigenvalue weighted by Crippen LogP contribution is -2.17. The topological polar surface area (TPSA) is 56.7 Å². The van der Waals surface area contributed by atoms with E-state index in [0.717, 1.165) is 25.0 Å². The van der Waals surface area contributed by atoms with Gasteiger partial charge in [-0.15, -0.1) is 0 Å².